The molecule has 7 nitrogen and oxygen atoms in total. The van der Waals surface area contributed by atoms with Gasteiger partial charge in [-0.05, 0) is 50.2 Å². The smallest absolute Gasteiger partial charge is 0.329 e. The molecule has 0 aliphatic carbocycles. The summed E-state index contributed by atoms with van der Waals surface area (Å²) >= 11 is 18.5. The number of nitrogens with zero attached hydrogens (tertiary/aromatic N) is 2. The van der Waals surface area contributed by atoms with Crippen molar-refractivity contribution in [2.24, 2.45) is 5.10 Å². The predicted octanol–water partition coefficient (Wildman–Crippen LogP) is 5.15. The van der Waals surface area contributed by atoms with Crippen LogP contribution in [0.4, 0.5) is 5.69 Å². The maximum absolute atomic E-state index is 12.1. The number of hydrogen-bond donors (Lipinski definition) is 2. The van der Waals surface area contributed by atoms with E-state index in [9.17, 15) is 9.59 Å². The minimum absolute atomic E-state index is 0.305. The zero-order chi connectivity index (χ0) is 23.4. The molecule has 166 valence electrons. The summed E-state index contributed by atoms with van der Waals surface area (Å²) in [4.78, 5) is 24.2. The lowest BCUT2D eigenvalue weighted by atomic mass is 10.2. The molecule has 0 spiro atoms. The largest absolute Gasteiger partial charge is 0.495 e. The lowest BCUT2D eigenvalue weighted by Crippen LogP contribution is -2.32. The summed E-state index contributed by atoms with van der Waals surface area (Å²) in [6.07, 6.45) is 1.45. The normalized spacial score (nSPS) is 10.9. The van der Waals surface area contributed by atoms with E-state index in [2.05, 4.69) is 15.8 Å². The van der Waals surface area contributed by atoms with E-state index in [1.165, 1.54) is 19.4 Å². The number of ether oxygens (including phenoxy) is 1. The predicted molar refractivity (Wildman–Crippen MR) is 128 cm³/mol. The van der Waals surface area contributed by atoms with Crippen LogP contribution in [0.25, 0.3) is 5.69 Å². The van der Waals surface area contributed by atoms with Crippen LogP contribution in [0.2, 0.25) is 15.1 Å². The molecule has 10 heteroatoms. The molecule has 2 aromatic carbocycles. The van der Waals surface area contributed by atoms with E-state index in [1.807, 2.05) is 36.6 Å². The van der Waals surface area contributed by atoms with Gasteiger partial charge in [-0.3, -0.25) is 9.59 Å². The topological polar surface area (TPSA) is 84.7 Å². The van der Waals surface area contributed by atoms with E-state index in [0.717, 1.165) is 22.6 Å². The Hall–Kier alpha value is -3.00. The highest BCUT2D eigenvalue weighted by molar-refractivity contribution is 6.43. The summed E-state index contributed by atoms with van der Waals surface area (Å²) < 4.78 is 6.98. The van der Waals surface area contributed by atoms with Crippen molar-refractivity contribution in [1.82, 2.24) is 9.99 Å². The summed E-state index contributed by atoms with van der Waals surface area (Å²) in [6, 6.07) is 11.9. The van der Waals surface area contributed by atoms with Crippen LogP contribution >= 0.6 is 34.8 Å². The molecule has 0 radical (unpaired) electrons. The second-order valence-electron chi connectivity index (χ2n) is 6.74. The number of aryl methyl sites for hydroxylation is 1. The van der Waals surface area contributed by atoms with E-state index in [1.54, 1.807) is 18.2 Å². The summed E-state index contributed by atoms with van der Waals surface area (Å²) in [5, 5.41) is 7.52. The first kappa shape index (κ1) is 23.7. The molecule has 1 heterocycles. The maximum atomic E-state index is 12.1. The van der Waals surface area contributed by atoms with Gasteiger partial charge in [-0.2, -0.15) is 5.10 Å². The molecule has 0 saturated carbocycles. The molecule has 32 heavy (non-hydrogen) atoms. The molecule has 0 bridgehead atoms. The Bertz CT molecular complexity index is 1220. The van der Waals surface area contributed by atoms with E-state index < -0.39 is 11.8 Å². The van der Waals surface area contributed by atoms with Gasteiger partial charge in [-0.15, -0.1) is 0 Å². The summed E-state index contributed by atoms with van der Waals surface area (Å²) in [5.41, 5.74) is 5.76. The van der Waals surface area contributed by atoms with Crippen LogP contribution in [0.5, 0.6) is 5.75 Å². The van der Waals surface area contributed by atoms with Crippen molar-refractivity contribution in [3.8, 4) is 11.4 Å². The van der Waals surface area contributed by atoms with Crippen LogP contribution in [0.3, 0.4) is 0 Å². The molecule has 3 aromatic rings. The average molecular weight is 494 g/mol. The van der Waals surface area contributed by atoms with Gasteiger partial charge in [0.05, 0.1) is 34.1 Å². The Kier molecular flexibility index (Phi) is 7.45. The highest BCUT2D eigenvalue weighted by Gasteiger charge is 2.15. The Morgan fingerprint density at radius 3 is 2.47 bits per heavy atom. The molecule has 0 saturated heterocycles. The zero-order valence-corrected chi connectivity index (χ0v) is 19.6. The van der Waals surface area contributed by atoms with E-state index in [4.69, 9.17) is 39.5 Å². The third kappa shape index (κ3) is 5.07. The van der Waals surface area contributed by atoms with Gasteiger partial charge in [0.1, 0.15) is 5.75 Å². The highest BCUT2D eigenvalue weighted by atomic mass is 35.5. The number of halogens is 3. The van der Waals surface area contributed by atoms with E-state index in [0.29, 0.717) is 26.5 Å². The van der Waals surface area contributed by atoms with Crippen molar-refractivity contribution >= 4 is 58.5 Å². The molecular formula is C22H19Cl3N4O3. The van der Waals surface area contributed by atoms with E-state index >= 15 is 0 Å². The number of hydrogen-bond acceptors (Lipinski definition) is 4. The summed E-state index contributed by atoms with van der Waals surface area (Å²) in [7, 11) is 1.48. The number of nitrogens with one attached hydrogen (secondary N) is 2. The van der Waals surface area contributed by atoms with Gasteiger partial charge in [-0.1, -0.05) is 40.9 Å². The molecule has 0 atom stereocenters. The number of rotatable bonds is 5. The first-order chi connectivity index (χ1) is 15.2. The minimum Gasteiger partial charge on any atom is -0.495 e. The monoisotopic (exact) mass is 492 g/mol. The van der Waals surface area contributed by atoms with Gasteiger partial charge in [0.2, 0.25) is 0 Å². The summed E-state index contributed by atoms with van der Waals surface area (Å²) in [6.45, 7) is 3.79. The number of carbonyl (C=O) groups is 2. The fraction of sp³-hybridized carbons (Fsp3) is 0.136. The Morgan fingerprint density at radius 1 is 1.03 bits per heavy atom. The molecular weight excluding hydrogens is 475 g/mol. The van der Waals surface area contributed by atoms with Gasteiger partial charge in [-0.25, -0.2) is 5.43 Å². The van der Waals surface area contributed by atoms with Crippen LogP contribution < -0.4 is 15.5 Å². The van der Waals surface area contributed by atoms with Gasteiger partial charge in [0.15, 0.2) is 0 Å². The maximum Gasteiger partial charge on any atom is 0.329 e. The molecule has 0 fully saturated rings. The summed E-state index contributed by atoms with van der Waals surface area (Å²) in [5.74, 6) is -1.37. The average Bonchev–Trinajstić information content (AvgIpc) is 3.03. The van der Waals surface area contributed by atoms with Crippen LogP contribution in [-0.4, -0.2) is 29.7 Å². The molecule has 3 rings (SSSR count). The van der Waals surface area contributed by atoms with Gasteiger partial charge in [0, 0.05) is 22.6 Å². The number of hydrazone groups is 1. The lowest BCUT2D eigenvalue weighted by Gasteiger charge is -2.12. The minimum atomic E-state index is -0.931. The van der Waals surface area contributed by atoms with Crippen molar-refractivity contribution in [2.75, 3.05) is 12.4 Å². The van der Waals surface area contributed by atoms with Crippen LogP contribution in [0.1, 0.15) is 17.0 Å². The third-order valence-corrected chi connectivity index (χ3v) is 5.73. The van der Waals surface area contributed by atoms with Crippen LogP contribution in [-0.2, 0) is 9.59 Å². The Labute approximate surface area is 199 Å². The van der Waals surface area contributed by atoms with Crippen molar-refractivity contribution < 1.29 is 14.3 Å². The van der Waals surface area contributed by atoms with Crippen LogP contribution in [0.15, 0.2) is 47.6 Å². The van der Waals surface area contributed by atoms with Crippen molar-refractivity contribution in [2.45, 2.75) is 13.8 Å². The number of amides is 2. The SMILES string of the molecule is COc1ccc(NC(=O)C(=O)N/N=C\c2cc(C)n(-c3cccc(Cl)c3Cl)c2C)cc1Cl. The molecule has 2 amide bonds. The quantitative estimate of drug-likeness (QED) is 0.293. The number of methoxy groups -OCH3 is 1. The number of aromatic nitrogens is 1. The Morgan fingerprint density at radius 2 is 1.78 bits per heavy atom. The third-order valence-electron chi connectivity index (χ3n) is 4.63. The number of benzene rings is 2. The van der Waals surface area contributed by atoms with Crippen molar-refractivity contribution in [1.29, 1.82) is 0 Å². The van der Waals surface area contributed by atoms with Crippen molar-refractivity contribution in [3.05, 3.63) is 74.5 Å². The fourth-order valence-corrected chi connectivity index (χ4v) is 3.74. The van der Waals surface area contributed by atoms with Gasteiger partial charge >= 0.3 is 11.8 Å². The Balaban J connectivity index is 1.69. The standard InChI is InChI=1S/C22H19Cl3N4O3/c1-12-9-14(13(2)29(12)18-6-4-5-16(23)20(18)25)11-26-28-22(31)21(30)27-15-7-8-19(32-3)17(24)10-15/h4-11H,1-3H3,(H,27,30)(H,28,31)/b26-11-. The zero-order valence-electron chi connectivity index (χ0n) is 17.4. The van der Waals surface area contributed by atoms with Crippen LogP contribution in [0, 0.1) is 13.8 Å². The van der Waals surface area contributed by atoms with Gasteiger partial charge in [0.25, 0.3) is 0 Å². The lowest BCUT2D eigenvalue weighted by molar-refractivity contribution is -0.136. The second kappa shape index (κ2) is 10.1. The van der Waals surface area contributed by atoms with Crippen molar-refractivity contribution in [3.63, 3.8) is 0 Å². The first-order valence-electron chi connectivity index (χ1n) is 9.34. The number of carbonyl (C=O) groups excluding carboxylic acids is 2. The molecule has 1 aromatic heterocycles. The molecule has 2 N–H and O–H groups in total. The van der Waals surface area contributed by atoms with E-state index in [-0.39, 0.29) is 0 Å². The fourth-order valence-electron chi connectivity index (χ4n) is 3.10. The molecule has 0 aliphatic rings. The first-order valence-corrected chi connectivity index (χ1v) is 10.5. The number of anilines is 1. The second-order valence-corrected chi connectivity index (χ2v) is 7.93. The highest BCUT2D eigenvalue weighted by Crippen LogP contribution is 2.31. The molecule has 0 aliphatic heterocycles. The van der Waals surface area contributed by atoms with Gasteiger partial charge < -0.3 is 14.6 Å². The molecule has 0 unspecified atom stereocenters.